The SMILES string of the molecule is Cc1ccc(C(=O)O[C@@H](C)C(=O)Nc2cccc3ccccc23)cc1. The Bertz CT molecular complexity index is 911. The molecule has 4 nitrogen and oxygen atoms in total. The summed E-state index contributed by atoms with van der Waals surface area (Å²) >= 11 is 0. The monoisotopic (exact) mass is 333 g/mol. The van der Waals surface area contributed by atoms with E-state index < -0.39 is 12.1 Å². The molecule has 3 rings (SSSR count). The summed E-state index contributed by atoms with van der Waals surface area (Å²) in [6.45, 7) is 3.50. The maximum Gasteiger partial charge on any atom is 0.338 e. The number of hydrogen-bond acceptors (Lipinski definition) is 3. The van der Waals surface area contributed by atoms with E-state index in [0.717, 1.165) is 16.3 Å². The predicted molar refractivity (Wildman–Crippen MR) is 98.6 cm³/mol. The molecule has 1 amide bonds. The summed E-state index contributed by atoms with van der Waals surface area (Å²) in [6.07, 6.45) is -0.896. The standard InChI is InChI=1S/C21H19NO3/c1-14-10-12-17(13-11-14)21(24)25-15(2)20(23)22-19-9-5-7-16-6-3-4-8-18(16)19/h3-13,15H,1-2H3,(H,22,23)/t15-/m0/s1. The van der Waals surface area contributed by atoms with E-state index in [1.54, 1.807) is 19.1 Å². The third-order valence-corrected chi connectivity index (χ3v) is 3.99. The van der Waals surface area contributed by atoms with Crippen LogP contribution in [-0.4, -0.2) is 18.0 Å². The molecule has 1 N–H and O–H groups in total. The molecule has 25 heavy (non-hydrogen) atoms. The summed E-state index contributed by atoms with van der Waals surface area (Å²) in [5.41, 5.74) is 2.18. The number of aryl methyl sites for hydroxylation is 1. The van der Waals surface area contributed by atoms with Gasteiger partial charge < -0.3 is 10.1 Å². The molecule has 3 aromatic carbocycles. The van der Waals surface area contributed by atoms with Crippen LogP contribution in [0.2, 0.25) is 0 Å². The second-order valence-electron chi connectivity index (χ2n) is 5.93. The van der Waals surface area contributed by atoms with Crippen LogP contribution in [0.15, 0.2) is 66.7 Å². The number of anilines is 1. The minimum Gasteiger partial charge on any atom is -0.449 e. The molecule has 0 radical (unpaired) electrons. The second-order valence-corrected chi connectivity index (χ2v) is 5.93. The van der Waals surface area contributed by atoms with Crippen LogP contribution in [0.3, 0.4) is 0 Å². The summed E-state index contributed by atoms with van der Waals surface area (Å²) in [4.78, 5) is 24.5. The van der Waals surface area contributed by atoms with Crippen LogP contribution >= 0.6 is 0 Å². The quantitative estimate of drug-likeness (QED) is 0.723. The zero-order valence-electron chi connectivity index (χ0n) is 14.2. The van der Waals surface area contributed by atoms with Gasteiger partial charge >= 0.3 is 5.97 Å². The molecule has 1 atom stereocenters. The second kappa shape index (κ2) is 7.18. The number of esters is 1. The lowest BCUT2D eigenvalue weighted by atomic mass is 10.1. The number of fused-ring (bicyclic) bond motifs is 1. The van der Waals surface area contributed by atoms with Gasteiger partial charge in [0.05, 0.1) is 5.56 Å². The van der Waals surface area contributed by atoms with Gasteiger partial charge in [0.1, 0.15) is 0 Å². The molecule has 126 valence electrons. The van der Waals surface area contributed by atoms with Gasteiger partial charge in [-0.25, -0.2) is 4.79 Å². The molecule has 4 heteroatoms. The van der Waals surface area contributed by atoms with Crippen LogP contribution in [0.4, 0.5) is 5.69 Å². The molecule has 0 heterocycles. The lowest BCUT2D eigenvalue weighted by Crippen LogP contribution is -2.30. The lowest BCUT2D eigenvalue weighted by molar-refractivity contribution is -0.123. The van der Waals surface area contributed by atoms with Crippen molar-refractivity contribution in [2.75, 3.05) is 5.32 Å². The van der Waals surface area contributed by atoms with E-state index in [1.807, 2.05) is 61.5 Å². The molecular formula is C21H19NO3. The highest BCUT2D eigenvalue weighted by atomic mass is 16.5. The zero-order chi connectivity index (χ0) is 17.8. The molecule has 0 spiro atoms. The number of nitrogens with one attached hydrogen (secondary N) is 1. The van der Waals surface area contributed by atoms with Crippen molar-refractivity contribution < 1.29 is 14.3 Å². The maximum absolute atomic E-state index is 12.4. The Kier molecular flexibility index (Phi) is 4.80. The fourth-order valence-electron chi connectivity index (χ4n) is 2.54. The van der Waals surface area contributed by atoms with E-state index in [4.69, 9.17) is 4.74 Å². The first-order valence-electron chi connectivity index (χ1n) is 8.11. The highest BCUT2D eigenvalue weighted by molar-refractivity contribution is 6.04. The van der Waals surface area contributed by atoms with Crippen LogP contribution in [-0.2, 0) is 9.53 Å². The average Bonchev–Trinajstić information content (AvgIpc) is 2.62. The number of hydrogen-bond donors (Lipinski definition) is 1. The topological polar surface area (TPSA) is 55.4 Å². The van der Waals surface area contributed by atoms with Gasteiger partial charge in [-0.15, -0.1) is 0 Å². The Balaban J connectivity index is 1.70. The molecule has 0 aliphatic carbocycles. The van der Waals surface area contributed by atoms with Gasteiger partial charge in [-0.2, -0.15) is 0 Å². The first kappa shape index (κ1) is 16.7. The fourth-order valence-corrected chi connectivity index (χ4v) is 2.54. The summed E-state index contributed by atoms with van der Waals surface area (Å²) < 4.78 is 5.27. The normalized spacial score (nSPS) is 11.8. The number of rotatable bonds is 4. The molecule has 0 aliphatic heterocycles. The predicted octanol–water partition coefficient (Wildman–Crippen LogP) is 4.33. The fraction of sp³-hybridized carbons (Fsp3) is 0.143. The largest absolute Gasteiger partial charge is 0.449 e. The third kappa shape index (κ3) is 3.86. The van der Waals surface area contributed by atoms with Gasteiger partial charge in [0.25, 0.3) is 5.91 Å². The first-order valence-corrected chi connectivity index (χ1v) is 8.11. The van der Waals surface area contributed by atoms with Crippen LogP contribution in [0, 0.1) is 6.92 Å². The molecule has 0 unspecified atom stereocenters. The minimum atomic E-state index is -0.896. The van der Waals surface area contributed by atoms with E-state index in [1.165, 1.54) is 0 Å². The van der Waals surface area contributed by atoms with Crippen molar-refractivity contribution in [3.63, 3.8) is 0 Å². The van der Waals surface area contributed by atoms with Crippen molar-refractivity contribution in [1.29, 1.82) is 0 Å². The Morgan fingerprint density at radius 3 is 2.36 bits per heavy atom. The van der Waals surface area contributed by atoms with Crippen molar-refractivity contribution in [2.24, 2.45) is 0 Å². The summed E-state index contributed by atoms with van der Waals surface area (Å²) in [5, 5.41) is 4.81. The van der Waals surface area contributed by atoms with Gasteiger partial charge in [-0.1, -0.05) is 54.1 Å². The highest BCUT2D eigenvalue weighted by Gasteiger charge is 2.19. The smallest absolute Gasteiger partial charge is 0.338 e. The molecule has 0 saturated heterocycles. The number of ether oxygens (including phenoxy) is 1. The summed E-state index contributed by atoms with van der Waals surface area (Å²) in [5.74, 6) is -0.877. The number of amides is 1. The van der Waals surface area contributed by atoms with Gasteiger partial charge in [0.15, 0.2) is 6.10 Å². The van der Waals surface area contributed by atoms with Gasteiger partial charge in [0.2, 0.25) is 0 Å². The van der Waals surface area contributed by atoms with Crippen molar-refractivity contribution in [3.8, 4) is 0 Å². The third-order valence-electron chi connectivity index (χ3n) is 3.99. The van der Waals surface area contributed by atoms with Gasteiger partial charge in [0, 0.05) is 11.1 Å². The Morgan fingerprint density at radius 2 is 1.60 bits per heavy atom. The van der Waals surface area contributed by atoms with Crippen LogP contribution < -0.4 is 5.32 Å². The maximum atomic E-state index is 12.4. The molecule has 0 fully saturated rings. The van der Waals surface area contributed by atoms with E-state index in [2.05, 4.69) is 5.32 Å². The van der Waals surface area contributed by atoms with E-state index in [-0.39, 0.29) is 5.91 Å². The zero-order valence-corrected chi connectivity index (χ0v) is 14.2. The van der Waals surface area contributed by atoms with Crippen LogP contribution in [0.25, 0.3) is 10.8 Å². The number of benzene rings is 3. The molecule has 0 aromatic heterocycles. The first-order chi connectivity index (χ1) is 12.0. The van der Waals surface area contributed by atoms with Crippen molar-refractivity contribution in [2.45, 2.75) is 20.0 Å². The molecule has 0 bridgehead atoms. The van der Waals surface area contributed by atoms with Gasteiger partial charge in [-0.05, 0) is 37.4 Å². The summed E-state index contributed by atoms with van der Waals surface area (Å²) in [6, 6.07) is 20.5. The number of carbonyl (C=O) groups is 2. The molecule has 0 aliphatic rings. The molecular weight excluding hydrogens is 314 g/mol. The van der Waals surface area contributed by atoms with E-state index in [0.29, 0.717) is 11.3 Å². The lowest BCUT2D eigenvalue weighted by Gasteiger charge is -2.15. The van der Waals surface area contributed by atoms with Crippen molar-refractivity contribution >= 4 is 28.3 Å². The van der Waals surface area contributed by atoms with E-state index >= 15 is 0 Å². The van der Waals surface area contributed by atoms with Crippen LogP contribution in [0.1, 0.15) is 22.8 Å². The Morgan fingerprint density at radius 1 is 0.920 bits per heavy atom. The number of carbonyl (C=O) groups excluding carboxylic acids is 2. The van der Waals surface area contributed by atoms with E-state index in [9.17, 15) is 9.59 Å². The Labute approximate surface area is 146 Å². The minimum absolute atomic E-state index is 0.364. The van der Waals surface area contributed by atoms with Crippen LogP contribution in [0.5, 0.6) is 0 Å². The van der Waals surface area contributed by atoms with Gasteiger partial charge in [-0.3, -0.25) is 4.79 Å². The molecule has 3 aromatic rings. The Hall–Kier alpha value is -3.14. The highest BCUT2D eigenvalue weighted by Crippen LogP contribution is 2.23. The summed E-state index contributed by atoms with van der Waals surface area (Å²) in [7, 11) is 0. The average molecular weight is 333 g/mol. The molecule has 0 saturated carbocycles. The van der Waals surface area contributed by atoms with Crippen molar-refractivity contribution in [1.82, 2.24) is 0 Å². The van der Waals surface area contributed by atoms with Crippen molar-refractivity contribution in [3.05, 3.63) is 77.9 Å².